The number of methoxy groups -OCH3 is 1. The Labute approximate surface area is 226 Å². The molecule has 2 N–H and O–H groups in total. The molecule has 39 heavy (non-hydrogen) atoms. The molecule has 5 heterocycles. The molecule has 12 heteroatoms. The Hall–Kier alpha value is -4.03. The summed E-state index contributed by atoms with van der Waals surface area (Å²) in [6, 6.07) is 6.17. The van der Waals surface area contributed by atoms with Crippen molar-refractivity contribution in [3.05, 3.63) is 42.4 Å². The number of aromatic nitrogens is 3. The number of nitrogens with one attached hydrogen (secondary N) is 2. The summed E-state index contributed by atoms with van der Waals surface area (Å²) in [4.78, 5) is 41.5. The van der Waals surface area contributed by atoms with Gasteiger partial charge in [0.1, 0.15) is 24.3 Å². The number of rotatable bonds is 6. The minimum atomic E-state index is -0.812. The lowest BCUT2D eigenvalue weighted by Gasteiger charge is -2.28. The molecule has 0 aromatic carbocycles. The summed E-state index contributed by atoms with van der Waals surface area (Å²) >= 11 is 0. The second-order valence-corrected chi connectivity index (χ2v) is 10.3. The number of anilines is 1. The molecule has 0 radical (unpaired) electrons. The van der Waals surface area contributed by atoms with Crippen molar-refractivity contribution >= 4 is 28.7 Å². The molecule has 3 aromatic rings. The van der Waals surface area contributed by atoms with Crippen molar-refractivity contribution in [1.29, 1.82) is 0 Å². The Bertz CT molecular complexity index is 1380. The first-order valence-corrected chi connectivity index (χ1v) is 12.8. The van der Waals surface area contributed by atoms with Gasteiger partial charge in [0.05, 0.1) is 36.2 Å². The summed E-state index contributed by atoms with van der Waals surface area (Å²) in [6.45, 7) is 7.28. The van der Waals surface area contributed by atoms with Gasteiger partial charge in [-0.15, -0.1) is 0 Å². The summed E-state index contributed by atoms with van der Waals surface area (Å²) in [7, 11) is 1.50. The fraction of sp³-hybridized carbons (Fsp3) is 0.444. The van der Waals surface area contributed by atoms with Crippen LogP contribution in [0.4, 0.5) is 10.5 Å². The Morgan fingerprint density at radius 1 is 1.15 bits per heavy atom. The highest BCUT2D eigenvalue weighted by molar-refractivity contribution is 6.17. The second-order valence-electron chi connectivity index (χ2n) is 10.3. The van der Waals surface area contributed by atoms with Gasteiger partial charge >= 0.3 is 6.09 Å². The summed E-state index contributed by atoms with van der Waals surface area (Å²) in [5.74, 6) is 1.21. The minimum absolute atomic E-state index is 0.0261. The summed E-state index contributed by atoms with van der Waals surface area (Å²) in [5, 5.41) is 6.68. The van der Waals surface area contributed by atoms with Gasteiger partial charge in [-0.1, -0.05) is 0 Å². The molecule has 2 aliphatic heterocycles. The summed E-state index contributed by atoms with van der Waals surface area (Å²) in [6.07, 6.45) is 2.86. The number of ether oxygens (including phenoxy) is 4. The number of hydrogen-bond donors (Lipinski definition) is 2. The van der Waals surface area contributed by atoms with Gasteiger partial charge in [0.2, 0.25) is 5.88 Å². The van der Waals surface area contributed by atoms with E-state index >= 15 is 0 Å². The number of pyridine rings is 3. The van der Waals surface area contributed by atoms with Crippen LogP contribution in [0.3, 0.4) is 0 Å². The summed E-state index contributed by atoms with van der Waals surface area (Å²) in [5.41, 5.74) is 1.13. The zero-order valence-corrected chi connectivity index (χ0v) is 22.4. The smallest absolute Gasteiger partial charge is 0.421 e. The average Bonchev–Trinajstić information content (AvgIpc) is 3.40. The average molecular weight is 537 g/mol. The topological polar surface area (TPSA) is 137 Å². The normalized spacial score (nSPS) is 18.6. The second kappa shape index (κ2) is 11.0. The lowest BCUT2D eigenvalue weighted by atomic mass is 10.1. The van der Waals surface area contributed by atoms with Gasteiger partial charge in [0.15, 0.2) is 11.5 Å². The van der Waals surface area contributed by atoms with Crippen LogP contribution < -0.4 is 29.7 Å². The molecular weight excluding hydrogens is 504 g/mol. The molecule has 0 unspecified atom stereocenters. The number of nitrogens with zero attached hydrogens (tertiary/aromatic N) is 4. The molecule has 0 aliphatic carbocycles. The highest BCUT2D eigenvalue weighted by Crippen LogP contribution is 2.30. The largest absolute Gasteiger partial charge is 0.486 e. The predicted octanol–water partition coefficient (Wildman–Crippen LogP) is 2.59. The van der Waals surface area contributed by atoms with E-state index in [1.807, 2.05) is 6.07 Å². The molecule has 5 rings (SSSR count). The molecule has 0 bridgehead atoms. The molecule has 2 atom stereocenters. The highest BCUT2D eigenvalue weighted by atomic mass is 16.6. The third kappa shape index (κ3) is 6.02. The van der Waals surface area contributed by atoms with Crippen LogP contribution in [0.15, 0.2) is 36.7 Å². The van der Waals surface area contributed by atoms with Gasteiger partial charge in [-0.25, -0.2) is 14.7 Å². The minimum Gasteiger partial charge on any atom is -0.486 e. The number of carbonyl (C=O) groups is 2. The van der Waals surface area contributed by atoms with Crippen LogP contribution in [0.2, 0.25) is 0 Å². The van der Waals surface area contributed by atoms with Gasteiger partial charge in [0.25, 0.3) is 5.91 Å². The van der Waals surface area contributed by atoms with E-state index < -0.39 is 23.6 Å². The fourth-order valence-corrected chi connectivity index (χ4v) is 4.47. The molecule has 1 fully saturated rings. The van der Waals surface area contributed by atoms with E-state index in [1.165, 1.54) is 13.3 Å². The Kier molecular flexibility index (Phi) is 7.49. The Balaban J connectivity index is 1.34. The molecule has 2 amide bonds. The number of amides is 2. The number of fused-ring (bicyclic) bond motifs is 2. The Morgan fingerprint density at radius 2 is 1.95 bits per heavy atom. The first-order valence-electron chi connectivity index (χ1n) is 12.8. The third-order valence-corrected chi connectivity index (χ3v) is 6.27. The van der Waals surface area contributed by atoms with Crippen molar-refractivity contribution in [2.24, 2.45) is 0 Å². The van der Waals surface area contributed by atoms with Crippen molar-refractivity contribution in [2.45, 2.75) is 51.4 Å². The SMILES string of the molecule is COc1ccc2nccc(N(C(=O)OC(C)(C)C)C(=O)[C@@H]3C[C@@H](NCc4cc5c(cn4)OCCO5)CN3)c2n1. The maximum Gasteiger partial charge on any atom is 0.421 e. The number of hydrogen-bond acceptors (Lipinski definition) is 11. The summed E-state index contributed by atoms with van der Waals surface area (Å²) < 4.78 is 22.1. The van der Waals surface area contributed by atoms with Gasteiger partial charge in [0, 0.05) is 37.5 Å². The van der Waals surface area contributed by atoms with Gasteiger partial charge in [-0.3, -0.25) is 14.8 Å². The maximum absolute atomic E-state index is 13.9. The lowest BCUT2D eigenvalue weighted by Crippen LogP contribution is -2.48. The van der Waals surface area contributed by atoms with Crippen molar-refractivity contribution in [3.8, 4) is 17.4 Å². The van der Waals surface area contributed by atoms with E-state index in [2.05, 4.69) is 25.6 Å². The third-order valence-electron chi connectivity index (χ3n) is 6.27. The van der Waals surface area contributed by atoms with E-state index in [9.17, 15) is 9.59 Å². The van der Waals surface area contributed by atoms with Crippen LogP contribution in [0.5, 0.6) is 17.4 Å². The van der Waals surface area contributed by atoms with Crippen molar-refractivity contribution in [1.82, 2.24) is 25.6 Å². The van der Waals surface area contributed by atoms with Crippen LogP contribution in [0, 0.1) is 0 Å². The van der Waals surface area contributed by atoms with Gasteiger partial charge in [-0.2, -0.15) is 0 Å². The highest BCUT2D eigenvalue weighted by Gasteiger charge is 2.38. The first-order chi connectivity index (χ1) is 18.7. The molecular formula is C27H32N6O6. The van der Waals surface area contributed by atoms with E-state index in [1.54, 1.807) is 45.2 Å². The van der Waals surface area contributed by atoms with Crippen LogP contribution >= 0.6 is 0 Å². The van der Waals surface area contributed by atoms with Crippen LogP contribution in [-0.2, 0) is 16.1 Å². The van der Waals surface area contributed by atoms with E-state index in [-0.39, 0.29) is 11.7 Å². The first kappa shape index (κ1) is 26.6. The zero-order chi connectivity index (χ0) is 27.6. The molecule has 0 spiro atoms. The molecule has 12 nitrogen and oxygen atoms in total. The monoisotopic (exact) mass is 536 g/mol. The maximum atomic E-state index is 13.9. The van der Waals surface area contributed by atoms with Crippen molar-refractivity contribution < 1.29 is 28.5 Å². The molecule has 206 valence electrons. The van der Waals surface area contributed by atoms with Crippen molar-refractivity contribution in [2.75, 3.05) is 31.8 Å². The zero-order valence-electron chi connectivity index (χ0n) is 22.4. The lowest BCUT2D eigenvalue weighted by molar-refractivity contribution is -0.120. The van der Waals surface area contributed by atoms with E-state index in [0.29, 0.717) is 61.1 Å². The molecule has 2 aliphatic rings. The van der Waals surface area contributed by atoms with Crippen LogP contribution in [0.1, 0.15) is 32.9 Å². The standard InChI is InChI=1S/C27H32N6O6/c1-27(2,3)39-26(35)33(20-7-8-28-18-5-6-23(36-4)32-24(18)20)25(34)19-11-16(14-31-19)29-13-17-12-21-22(15-30-17)38-10-9-37-21/h5-8,12,15-16,19,29,31H,9-11,13-14H2,1-4H3/t16-,19+/m1/s1. The van der Waals surface area contributed by atoms with Crippen LogP contribution in [0.25, 0.3) is 11.0 Å². The molecule has 0 saturated carbocycles. The fourth-order valence-electron chi connectivity index (χ4n) is 4.47. The van der Waals surface area contributed by atoms with Crippen molar-refractivity contribution in [3.63, 3.8) is 0 Å². The predicted molar refractivity (Wildman–Crippen MR) is 142 cm³/mol. The number of carbonyl (C=O) groups excluding carboxylic acids is 2. The van der Waals surface area contributed by atoms with E-state index in [4.69, 9.17) is 18.9 Å². The number of imide groups is 1. The van der Waals surface area contributed by atoms with Gasteiger partial charge in [-0.05, 0) is 39.3 Å². The molecule has 1 saturated heterocycles. The Morgan fingerprint density at radius 3 is 2.72 bits per heavy atom. The van der Waals surface area contributed by atoms with Crippen LogP contribution in [-0.4, -0.2) is 71.5 Å². The van der Waals surface area contributed by atoms with Gasteiger partial charge < -0.3 is 29.6 Å². The quantitative estimate of drug-likeness (QED) is 0.481. The molecule has 3 aromatic heterocycles. The van der Waals surface area contributed by atoms with E-state index in [0.717, 1.165) is 10.6 Å².